The van der Waals surface area contributed by atoms with E-state index in [2.05, 4.69) is 0 Å². The number of likely N-dealkylation sites (N-methyl/N-ethyl adjacent to an activating group) is 1. The van der Waals surface area contributed by atoms with Crippen LogP contribution in [0.3, 0.4) is 0 Å². The molecule has 12 heavy (non-hydrogen) atoms. The maximum atomic E-state index is 10.5. The van der Waals surface area contributed by atoms with Gasteiger partial charge in [0, 0.05) is 7.05 Å². The first-order valence-corrected chi connectivity index (χ1v) is 2.81. The van der Waals surface area contributed by atoms with E-state index in [0.717, 1.165) is 0 Å². The van der Waals surface area contributed by atoms with E-state index in [1.165, 1.54) is 7.05 Å². The van der Waals surface area contributed by atoms with Gasteiger partial charge in [-0.3, -0.25) is 4.79 Å². The van der Waals surface area contributed by atoms with E-state index in [1.807, 2.05) is 5.32 Å². The summed E-state index contributed by atoms with van der Waals surface area (Å²) in [5, 5.41) is 27.4. The molecule has 6 N–H and O–H groups in total. The molecule has 7 nitrogen and oxygen atoms in total. The lowest BCUT2D eigenvalue weighted by atomic mass is 10.2. The monoisotopic (exact) mass is 181 g/mol. The summed E-state index contributed by atoms with van der Waals surface area (Å²) in [6, 6.07) is 0. The number of nitrogens with one attached hydrogen (secondary N) is 1. The lowest BCUT2D eigenvalue weighted by Gasteiger charge is -2.11. The van der Waals surface area contributed by atoms with Gasteiger partial charge in [-0.1, -0.05) is 0 Å². The van der Waals surface area contributed by atoms with Crippen LogP contribution in [0.15, 0.2) is 0 Å². The van der Waals surface area contributed by atoms with Crippen LogP contribution in [0.2, 0.25) is 0 Å². The van der Waals surface area contributed by atoms with E-state index in [4.69, 9.17) is 15.3 Å². The van der Waals surface area contributed by atoms with Crippen molar-refractivity contribution in [2.45, 2.75) is 12.2 Å². The largest absolute Gasteiger partial charge is 0.479 e. The van der Waals surface area contributed by atoms with Crippen molar-refractivity contribution in [3.8, 4) is 0 Å². The molecule has 0 aliphatic heterocycles. The molecule has 0 heterocycles. The maximum Gasteiger partial charge on any atom is 0.335 e. The van der Waals surface area contributed by atoms with E-state index >= 15 is 0 Å². The van der Waals surface area contributed by atoms with E-state index in [0.29, 0.717) is 0 Å². The first-order valence-electron chi connectivity index (χ1n) is 2.81. The summed E-state index contributed by atoms with van der Waals surface area (Å²) in [5.74, 6) is -2.57. The third-order valence-corrected chi connectivity index (χ3v) is 1.07. The summed E-state index contributed by atoms with van der Waals surface area (Å²) in [7, 11) is 1.22. The number of aliphatic carboxylic acids is 1. The van der Waals surface area contributed by atoms with Crippen molar-refractivity contribution in [1.29, 1.82) is 0 Å². The van der Waals surface area contributed by atoms with Gasteiger partial charge in [0.15, 0.2) is 12.2 Å². The molecule has 0 fully saturated rings. The van der Waals surface area contributed by atoms with Crippen LogP contribution in [0, 0.1) is 0 Å². The van der Waals surface area contributed by atoms with Gasteiger partial charge >= 0.3 is 5.97 Å². The number of carbonyl (C=O) groups is 2. The molecule has 0 saturated carbocycles. The smallest absolute Gasteiger partial charge is 0.335 e. The zero-order chi connectivity index (χ0) is 9.02. The van der Waals surface area contributed by atoms with Crippen molar-refractivity contribution in [3.05, 3.63) is 0 Å². The van der Waals surface area contributed by atoms with Crippen molar-refractivity contribution in [1.82, 2.24) is 5.32 Å². The molecule has 0 aliphatic rings. The molecule has 72 valence electrons. The van der Waals surface area contributed by atoms with E-state index in [-0.39, 0.29) is 5.48 Å². The van der Waals surface area contributed by atoms with Crippen molar-refractivity contribution < 1.29 is 30.4 Å². The van der Waals surface area contributed by atoms with Crippen LogP contribution in [0.5, 0.6) is 0 Å². The lowest BCUT2D eigenvalue weighted by molar-refractivity contribution is -0.158. The molecule has 0 aromatic carbocycles. The molecule has 0 saturated heterocycles. The predicted molar refractivity (Wildman–Crippen MR) is 37.3 cm³/mol. The second-order valence-corrected chi connectivity index (χ2v) is 1.84. The highest BCUT2D eigenvalue weighted by molar-refractivity contribution is 5.87. The summed E-state index contributed by atoms with van der Waals surface area (Å²) in [6.07, 6.45) is -3.99. The van der Waals surface area contributed by atoms with Gasteiger partial charge in [0.1, 0.15) is 0 Å². The Labute approximate surface area is 67.9 Å². The van der Waals surface area contributed by atoms with Crippen LogP contribution < -0.4 is 5.32 Å². The van der Waals surface area contributed by atoms with Gasteiger partial charge in [0.05, 0.1) is 0 Å². The number of carbonyl (C=O) groups excluding carboxylic acids is 1. The molecule has 0 aliphatic carbocycles. The highest BCUT2D eigenvalue weighted by Gasteiger charge is 2.28. The molecule has 7 heteroatoms. The quantitative estimate of drug-likeness (QED) is 0.361. The minimum Gasteiger partial charge on any atom is -0.479 e. The van der Waals surface area contributed by atoms with Gasteiger partial charge < -0.3 is 26.1 Å². The Balaban J connectivity index is 0. The zero-order valence-electron chi connectivity index (χ0n) is 6.31. The summed E-state index contributed by atoms with van der Waals surface area (Å²) in [6.45, 7) is 0. The topological polar surface area (TPSA) is 138 Å². The van der Waals surface area contributed by atoms with Crippen LogP contribution in [0.25, 0.3) is 0 Å². The number of hydrogen-bond acceptors (Lipinski definition) is 4. The Hall–Kier alpha value is -1.18. The van der Waals surface area contributed by atoms with Crippen LogP contribution in [0.1, 0.15) is 0 Å². The molecule has 0 radical (unpaired) electrons. The third-order valence-electron chi connectivity index (χ3n) is 1.07. The second kappa shape index (κ2) is 5.47. The van der Waals surface area contributed by atoms with Gasteiger partial charge in [0.2, 0.25) is 0 Å². The normalized spacial score (nSPS) is 13.9. The highest BCUT2D eigenvalue weighted by atomic mass is 16.4. The fourth-order valence-electron chi connectivity index (χ4n) is 0.426. The summed E-state index contributed by atoms with van der Waals surface area (Å²) in [5.41, 5.74) is 0. The van der Waals surface area contributed by atoms with Crippen LogP contribution >= 0.6 is 0 Å². The maximum absolute atomic E-state index is 10.5. The molecule has 0 spiro atoms. The number of hydrogen-bond donors (Lipinski definition) is 4. The van der Waals surface area contributed by atoms with Crippen molar-refractivity contribution in [3.63, 3.8) is 0 Å². The van der Waals surface area contributed by atoms with Crippen molar-refractivity contribution in [2.75, 3.05) is 7.05 Å². The second-order valence-electron chi connectivity index (χ2n) is 1.84. The predicted octanol–water partition coefficient (Wildman–Crippen LogP) is -3.29. The van der Waals surface area contributed by atoms with E-state index in [9.17, 15) is 9.59 Å². The number of carboxylic acid groups (broad SMARTS) is 1. The Morgan fingerprint density at radius 2 is 1.67 bits per heavy atom. The van der Waals surface area contributed by atoms with Crippen molar-refractivity contribution >= 4 is 11.9 Å². The van der Waals surface area contributed by atoms with Crippen molar-refractivity contribution in [2.24, 2.45) is 0 Å². The molecular formula is C5H11NO6. The zero-order valence-corrected chi connectivity index (χ0v) is 6.31. The Morgan fingerprint density at radius 1 is 1.25 bits per heavy atom. The molecular weight excluding hydrogens is 170 g/mol. The fraction of sp³-hybridized carbons (Fsp3) is 0.600. The summed E-state index contributed by atoms with van der Waals surface area (Å²) < 4.78 is 0. The number of carboxylic acids is 1. The van der Waals surface area contributed by atoms with Crippen LogP contribution in [0.4, 0.5) is 0 Å². The molecule has 0 aromatic heterocycles. The standard InChI is InChI=1S/C5H9NO5.H2O/c1-6-4(9)2(7)3(8)5(10)11;/h2-3,7-8H,1H3,(H,6,9)(H,10,11);1H2/t2-,3-;/m1./s1. The Kier molecular flexibility index (Phi) is 6.11. The molecule has 0 rings (SSSR count). The third kappa shape index (κ3) is 3.28. The number of aliphatic hydroxyl groups is 2. The molecule has 0 unspecified atom stereocenters. The molecule has 1 amide bonds. The molecule has 0 bridgehead atoms. The van der Waals surface area contributed by atoms with Crippen LogP contribution in [-0.2, 0) is 9.59 Å². The number of rotatable bonds is 3. The van der Waals surface area contributed by atoms with Gasteiger partial charge in [0.25, 0.3) is 5.91 Å². The Morgan fingerprint density at radius 3 is 1.92 bits per heavy atom. The van der Waals surface area contributed by atoms with E-state index < -0.39 is 24.1 Å². The van der Waals surface area contributed by atoms with Gasteiger partial charge in [-0.25, -0.2) is 4.79 Å². The summed E-state index contributed by atoms with van der Waals surface area (Å²) in [4.78, 5) is 20.4. The highest BCUT2D eigenvalue weighted by Crippen LogP contribution is 1.92. The number of aliphatic hydroxyl groups excluding tert-OH is 2. The van der Waals surface area contributed by atoms with E-state index in [1.54, 1.807) is 0 Å². The summed E-state index contributed by atoms with van der Waals surface area (Å²) >= 11 is 0. The van der Waals surface area contributed by atoms with Gasteiger partial charge in [-0.2, -0.15) is 0 Å². The minimum atomic E-state index is -2.07. The number of amides is 1. The lowest BCUT2D eigenvalue weighted by Crippen LogP contribution is -2.44. The molecule has 0 aromatic rings. The first-order chi connectivity index (χ1) is 5.00. The van der Waals surface area contributed by atoms with Gasteiger partial charge in [-0.05, 0) is 0 Å². The average Bonchev–Trinajstić information content (AvgIpc) is 2.00. The molecule has 2 atom stereocenters. The Bertz CT molecular complexity index is 169. The fourth-order valence-corrected chi connectivity index (χ4v) is 0.426. The average molecular weight is 181 g/mol. The minimum absolute atomic E-state index is 0. The SMILES string of the molecule is CNC(=O)[C@H](O)[C@@H](O)C(=O)O.O. The van der Waals surface area contributed by atoms with Crippen LogP contribution in [-0.4, -0.2) is 51.9 Å². The first kappa shape index (κ1) is 13.4. The van der Waals surface area contributed by atoms with Gasteiger partial charge in [-0.15, -0.1) is 0 Å².